The molecule has 0 aliphatic carbocycles. The molecule has 0 saturated heterocycles. The molecule has 8 bridgehead atoms. The molecule has 0 saturated carbocycles. The molecule has 242 valence electrons. The van der Waals surface area contributed by atoms with E-state index in [1.165, 1.54) is 12.1 Å². The Balaban J connectivity index is 1.24. The number of carbonyl (C=O) groups excluding carboxylic acids is 2. The Morgan fingerprint density at radius 1 is 0.917 bits per heavy atom. The third-order valence-electron chi connectivity index (χ3n) is 8.90. The Bertz CT molecular complexity index is 1960. The maximum Gasteiger partial charge on any atom is 0.255 e. The van der Waals surface area contributed by atoms with Crippen LogP contribution in [-0.4, -0.2) is 48.6 Å². The van der Waals surface area contributed by atoms with E-state index in [9.17, 15) is 14.7 Å². The van der Waals surface area contributed by atoms with Crippen molar-refractivity contribution in [1.29, 1.82) is 0 Å². The van der Waals surface area contributed by atoms with Crippen molar-refractivity contribution in [3.8, 4) is 39.9 Å². The summed E-state index contributed by atoms with van der Waals surface area (Å²) < 4.78 is 18.0. The summed E-state index contributed by atoms with van der Waals surface area (Å²) in [4.78, 5) is 28.9. The van der Waals surface area contributed by atoms with Crippen molar-refractivity contribution in [2.45, 2.75) is 25.3 Å². The first-order valence-corrected chi connectivity index (χ1v) is 16.1. The van der Waals surface area contributed by atoms with Gasteiger partial charge in [-0.3, -0.25) is 9.59 Å². The lowest BCUT2D eigenvalue weighted by molar-refractivity contribution is -0.132. The number of methoxy groups -OCH3 is 1. The first kappa shape index (κ1) is 30.9. The molecule has 3 aliphatic heterocycles. The average molecular weight is 641 g/mol. The fraction of sp³-hybridized carbons (Fsp3) is 0.200. The quantitative estimate of drug-likeness (QED) is 0.218. The standard InChI is InChI=1S/C40H36N2O6/c1-46-36-17-12-30-24-37(36)47-21-5-19-41-40(45)34-25-32(14-16-35(34)43)48-31-13-15-33-29(23-31)18-20-42(39(30)33)38(44)22-26-8-10-28(11-9-26)27-6-3-2-4-7-27/h2-4,6-17,23-25,39,43H,5,18-22H2,1H3,(H,41,45). The van der Waals surface area contributed by atoms with E-state index in [0.717, 1.165) is 33.4 Å². The van der Waals surface area contributed by atoms with Gasteiger partial charge in [0.25, 0.3) is 5.91 Å². The fourth-order valence-electron chi connectivity index (χ4n) is 6.44. The van der Waals surface area contributed by atoms with Crippen molar-refractivity contribution in [3.63, 3.8) is 0 Å². The molecule has 8 rings (SSSR count). The van der Waals surface area contributed by atoms with Crippen LogP contribution in [0.2, 0.25) is 0 Å². The van der Waals surface area contributed by atoms with E-state index in [0.29, 0.717) is 55.5 Å². The summed E-state index contributed by atoms with van der Waals surface area (Å²) in [6.45, 7) is 1.18. The number of hydrogen-bond acceptors (Lipinski definition) is 6. The molecule has 8 heteroatoms. The summed E-state index contributed by atoms with van der Waals surface area (Å²) >= 11 is 0. The van der Waals surface area contributed by atoms with Gasteiger partial charge in [-0.2, -0.15) is 0 Å². The smallest absolute Gasteiger partial charge is 0.255 e. The van der Waals surface area contributed by atoms with Crippen LogP contribution >= 0.6 is 0 Å². The minimum absolute atomic E-state index is 0.0335. The molecule has 5 aromatic carbocycles. The third-order valence-corrected chi connectivity index (χ3v) is 8.90. The molecule has 1 unspecified atom stereocenters. The van der Waals surface area contributed by atoms with Crippen LogP contribution in [-0.2, 0) is 17.6 Å². The predicted octanol–water partition coefficient (Wildman–Crippen LogP) is 7.09. The van der Waals surface area contributed by atoms with Crippen molar-refractivity contribution in [3.05, 3.63) is 137 Å². The number of amides is 2. The normalized spacial score (nSPS) is 15.7. The van der Waals surface area contributed by atoms with Gasteiger partial charge < -0.3 is 29.5 Å². The SMILES string of the molecule is COc1ccc2cc1OCCCNC(=O)c1cc(ccc1O)Oc1ccc3c(c1)CCN(C(=O)Cc1ccc(-c4ccccc4)cc1)C23. The summed E-state index contributed by atoms with van der Waals surface area (Å²) in [6.07, 6.45) is 1.44. The first-order valence-electron chi connectivity index (χ1n) is 16.1. The van der Waals surface area contributed by atoms with Gasteiger partial charge in [0, 0.05) is 13.1 Å². The summed E-state index contributed by atoms with van der Waals surface area (Å²) in [5.41, 5.74) is 6.30. The van der Waals surface area contributed by atoms with Crippen molar-refractivity contribution in [2.24, 2.45) is 0 Å². The summed E-state index contributed by atoms with van der Waals surface area (Å²) in [7, 11) is 1.59. The van der Waals surface area contributed by atoms with Gasteiger partial charge in [-0.25, -0.2) is 0 Å². The number of nitrogens with one attached hydrogen (secondary N) is 1. The Kier molecular flexibility index (Phi) is 8.71. The minimum atomic E-state index is -0.399. The minimum Gasteiger partial charge on any atom is -0.507 e. The number of phenols is 1. The van der Waals surface area contributed by atoms with Crippen molar-refractivity contribution < 1.29 is 28.9 Å². The van der Waals surface area contributed by atoms with Crippen molar-refractivity contribution >= 4 is 11.8 Å². The van der Waals surface area contributed by atoms with E-state index in [2.05, 4.69) is 29.6 Å². The van der Waals surface area contributed by atoms with Crippen LogP contribution in [0.25, 0.3) is 11.1 Å². The molecule has 8 nitrogen and oxygen atoms in total. The number of ether oxygens (including phenoxy) is 3. The molecule has 48 heavy (non-hydrogen) atoms. The van der Waals surface area contributed by atoms with E-state index in [4.69, 9.17) is 14.2 Å². The van der Waals surface area contributed by atoms with Crippen LogP contribution in [0.3, 0.4) is 0 Å². The van der Waals surface area contributed by atoms with Crippen LogP contribution < -0.4 is 19.5 Å². The molecule has 5 aromatic rings. The molecule has 2 amide bonds. The molecule has 0 spiro atoms. The fourth-order valence-corrected chi connectivity index (χ4v) is 6.44. The largest absolute Gasteiger partial charge is 0.507 e. The van der Waals surface area contributed by atoms with E-state index >= 15 is 0 Å². The number of phenolic OH excluding ortho intramolecular Hbond substituents is 1. The number of aromatic hydroxyl groups is 1. The van der Waals surface area contributed by atoms with E-state index in [-0.39, 0.29) is 29.7 Å². The van der Waals surface area contributed by atoms with Crippen LogP contribution in [0.1, 0.15) is 45.1 Å². The maximum absolute atomic E-state index is 14.1. The Morgan fingerprint density at radius 3 is 2.50 bits per heavy atom. The number of hydrogen-bond donors (Lipinski definition) is 2. The molecular weight excluding hydrogens is 604 g/mol. The first-order chi connectivity index (χ1) is 23.5. The summed E-state index contributed by atoms with van der Waals surface area (Å²) in [5.74, 6) is 1.68. The summed E-state index contributed by atoms with van der Waals surface area (Å²) in [5, 5.41) is 13.2. The number of fused-ring (bicyclic) bond motifs is 6. The molecule has 0 aromatic heterocycles. The molecule has 0 fully saturated rings. The van der Waals surface area contributed by atoms with Gasteiger partial charge in [0.15, 0.2) is 11.5 Å². The van der Waals surface area contributed by atoms with E-state index < -0.39 is 5.91 Å². The number of rotatable bonds is 4. The van der Waals surface area contributed by atoms with Gasteiger partial charge in [-0.15, -0.1) is 0 Å². The molecule has 2 N–H and O–H groups in total. The van der Waals surface area contributed by atoms with Gasteiger partial charge >= 0.3 is 0 Å². The topological polar surface area (TPSA) is 97.3 Å². The van der Waals surface area contributed by atoms with Crippen LogP contribution in [0.5, 0.6) is 28.7 Å². The Hall–Kier alpha value is -5.76. The number of nitrogens with zero attached hydrogens (tertiary/aromatic N) is 1. The Labute approximate surface area is 279 Å². The van der Waals surface area contributed by atoms with Gasteiger partial charge in [-0.05, 0) is 88.7 Å². The van der Waals surface area contributed by atoms with Crippen molar-refractivity contribution in [1.82, 2.24) is 10.2 Å². The van der Waals surface area contributed by atoms with Gasteiger partial charge in [0.05, 0.1) is 31.7 Å². The lowest BCUT2D eigenvalue weighted by Gasteiger charge is -2.38. The van der Waals surface area contributed by atoms with Gasteiger partial charge in [0.2, 0.25) is 5.91 Å². The highest BCUT2D eigenvalue weighted by Gasteiger charge is 2.33. The lowest BCUT2D eigenvalue weighted by atomic mass is 9.87. The average Bonchev–Trinajstić information content (AvgIpc) is 3.12. The zero-order chi connectivity index (χ0) is 33.0. The van der Waals surface area contributed by atoms with Gasteiger partial charge in [0.1, 0.15) is 17.2 Å². The van der Waals surface area contributed by atoms with Gasteiger partial charge in [-0.1, -0.05) is 66.7 Å². The van der Waals surface area contributed by atoms with Crippen LogP contribution in [0.15, 0.2) is 109 Å². The van der Waals surface area contributed by atoms with Crippen LogP contribution in [0.4, 0.5) is 0 Å². The highest BCUT2D eigenvalue weighted by molar-refractivity contribution is 5.97. The number of benzene rings is 5. The van der Waals surface area contributed by atoms with E-state index in [1.807, 2.05) is 71.6 Å². The zero-order valence-electron chi connectivity index (χ0n) is 26.6. The van der Waals surface area contributed by atoms with E-state index in [1.54, 1.807) is 13.2 Å². The van der Waals surface area contributed by atoms with Crippen molar-refractivity contribution in [2.75, 3.05) is 26.8 Å². The predicted molar refractivity (Wildman–Crippen MR) is 183 cm³/mol. The molecule has 1 atom stereocenters. The Morgan fingerprint density at radius 2 is 1.69 bits per heavy atom. The third kappa shape index (κ3) is 6.42. The van der Waals surface area contributed by atoms with Crippen LogP contribution in [0, 0.1) is 0 Å². The summed E-state index contributed by atoms with van der Waals surface area (Å²) in [6, 6.07) is 34.3. The second-order valence-corrected chi connectivity index (χ2v) is 12.0. The molecule has 3 heterocycles. The highest BCUT2D eigenvalue weighted by Crippen LogP contribution is 2.41. The monoisotopic (exact) mass is 640 g/mol. The molecular formula is C40H36N2O6. The molecule has 0 radical (unpaired) electrons. The number of carbonyl (C=O) groups is 2. The lowest BCUT2D eigenvalue weighted by Crippen LogP contribution is -2.41. The zero-order valence-corrected chi connectivity index (χ0v) is 26.6. The maximum atomic E-state index is 14.1. The second kappa shape index (κ2) is 13.5. The molecule has 3 aliphatic rings. The highest BCUT2D eigenvalue weighted by atomic mass is 16.5. The second-order valence-electron chi connectivity index (χ2n) is 12.0.